The third kappa shape index (κ3) is 2.99. The fraction of sp³-hybridized carbons (Fsp3) is 0.250. The lowest BCUT2D eigenvalue weighted by Gasteiger charge is -2.17. The molecule has 0 aliphatic heterocycles. The second-order valence-electron chi connectivity index (χ2n) is 4.80. The van der Waals surface area contributed by atoms with Gasteiger partial charge >= 0.3 is 0 Å². The van der Waals surface area contributed by atoms with Crippen LogP contribution in [0.25, 0.3) is 0 Å². The Kier molecular flexibility index (Phi) is 4.60. The Balaban J connectivity index is 2.53. The van der Waals surface area contributed by atoms with E-state index >= 15 is 0 Å². The van der Waals surface area contributed by atoms with Crippen molar-refractivity contribution in [1.29, 1.82) is 0 Å². The van der Waals surface area contributed by atoms with Gasteiger partial charge in [0.1, 0.15) is 0 Å². The Morgan fingerprint density at radius 3 is 2.26 bits per heavy atom. The number of benzene rings is 2. The highest BCUT2D eigenvalue weighted by molar-refractivity contribution is 9.09. The fourth-order valence-corrected chi connectivity index (χ4v) is 3.57. The summed E-state index contributed by atoms with van der Waals surface area (Å²) >= 11 is 16.3. The molecule has 0 radical (unpaired) electrons. The van der Waals surface area contributed by atoms with E-state index in [1.807, 2.05) is 32.0 Å². The van der Waals surface area contributed by atoms with Gasteiger partial charge in [0.2, 0.25) is 0 Å². The molecule has 2 aromatic rings. The highest BCUT2D eigenvalue weighted by Crippen LogP contribution is 2.39. The topological polar surface area (TPSA) is 0 Å². The molecule has 2 rings (SSSR count). The van der Waals surface area contributed by atoms with Gasteiger partial charge in [0.15, 0.2) is 0 Å². The highest BCUT2D eigenvalue weighted by atomic mass is 79.9. The number of halogens is 3. The van der Waals surface area contributed by atoms with Crippen LogP contribution in [0.2, 0.25) is 10.0 Å². The van der Waals surface area contributed by atoms with Gasteiger partial charge in [-0.05, 0) is 54.7 Å². The van der Waals surface area contributed by atoms with Crippen LogP contribution in [-0.4, -0.2) is 0 Å². The maximum absolute atomic E-state index is 6.41. The van der Waals surface area contributed by atoms with Crippen LogP contribution in [0.15, 0.2) is 30.3 Å². The summed E-state index contributed by atoms with van der Waals surface area (Å²) in [6.07, 6.45) is 0. The Labute approximate surface area is 132 Å². The van der Waals surface area contributed by atoms with Crippen LogP contribution >= 0.6 is 39.1 Å². The van der Waals surface area contributed by atoms with Crippen molar-refractivity contribution in [2.24, 2.45) is 0 Å². The van der Waals surface area contributed by atoms with Crippen molar-refractivity contribution in [2.45, 2.75) is 25.6 Å². The minimum Gasteiger partial charge on any atom is -0.0840 e. The lowest BCUT2D eigenvalue weighted by Crippen LogP contribution is -1.99. The molecule has 0 N–H and O–H groups in total. The van der Waals surface area contributed by atoms with E-state index in [1.165, 1.54) is 5.56 Å². The maximum atomic E-state index is 6.41. The fourth-order valence-electron chi connectivity index (χ4n) is 2.11. The number of hydrogen-bond donors (Lipinski definition) is 0. The van der Waals surface area contributed by atoms with E-state index in [2.05, 4.69) is 35.0 Å². The molecule has 1 unspecified atom stereocenters. The normalized spacial score (nSPS) is 12.5. The average Bonchev–Trinajstić information content (AvgIpc) is 2.36. The Morgan fingerprint density at radius 1 is 0.895 bits per heavy atom. The zero-order chi connectivity index (χ0) is 14.2. The van der Waals surface area contributed by atoms with E-state index in [4.69, 9.17) is 23.2 Å². The van der Waals surface area contributed by atoms with Crippen molar-refractivity contribution in [2.75, 3.05) is 0 Å². The molecule has 0 fully saturated rings. The summed E-state index contributed by atoms with van der Waals surface area (Å²) in [7, 11) is 0. The first kappa shape index (κ1) is 14.9. The van der Waals surface area contributed by atoms with Gasteiger partial charge in [0.25, 0.3) is 0 Å². The molecule has 1 atom stereocenters. The van der Waals surface area contributed by atoms with Crippen molar-refractivity contribution >= 4 is 39.1 Å². The number of aryl methyl sites for hydroxylation is 3. The summed E-state index contributed by atoms with van der Waals surface area (Å²) in [6.45, 7) is 6.10. The Morgan fingerprint density at radius 2 is 1.58 bits per heavy atom. The van der Waals surface area contributed by atoms with E-state index < -0.39 is 0 Å². The van der Waals surface area contributed by atoms with Crippen molar-refractivity contribution in [3.05, 3.63) is 68.2 Å². The zero-order valence-electron chi connectivity index (χ0n) is 11.1. The predicted molar refractivity (Wildman–Crippen MR) is 87.9 cm³/mol. The molecule has 0 aliphatic carbocycles. The predicted octanol–water partition coefficient (Wildman–Crippen LogP) is 6.40. The number of hydrogen-bond acceptors (Lipinski definition) is 0. The molecule has 100 valence electrons. The van der Waals surface area contributed by atoms with Gasteiger partial charge < -0.3 is 0 Å². The van der Waals surface area contributed by atoms with E-state index in [-0.39, 0.29) is 4.83 Å². The molecule has 0 aliphatic rings. The molecule has 0 heterocycles. The number of rotatable bonds is 2. The summed E-state index contributed by atoms with van der Waals surface area (Å²) in [4.78, 5) is 0.0795. The van der Waals surface area contributed by atoms with Gasteiger partial charge in [0.05, 0.1) is 4.83 Å². The van der Waals surface area contributed by atoms with Crippen LogP contribution in [0, 0.1) is 20.8 Å². The summed E-state index contributed by atoms with van der Waals surface area (Å²) in [6, 6.07) is 10.2. The molecule has 2 aromatic carbocycles. The summed E-state index contributed by atoms with van der Waals surface area (Å²) < 4.78 is 0. The molecule has 0 nitrogen and oxygen atoms in total. The average molecular weight is 358 g/mol. The maximum Gasteiger partial charge on any atom is 0.0661 e. The largest absolute Gasteiger partial charge is 0.0840 e. The standard InChI is InChI=1S/C16H15BrCl2/c1-9-5-4-6-12(16(9)19)15(17)13-7-11(3)14(18)8-10(13)2/h4-8,15H,1-3H3. The van der Waals surface area contributed by atoms with Crippen LogP contribution in [0.3, 0.4) is 0 Å². The van der Waals surface area contributed by atoms with Crippen LogP contribution in [0.1, 0.15) is 32.6 Å². The quantitative estimate of drug-likeness (QED) is 0.545. The number of alkyl halides is 1. The zero-order valence-corrected chi connectivity index (χ0v) is 14.2. The lowest BCUT2D eigenvalue weighted by molar-refractivity contribution is 1.13. The minimum absolute atomic E-state index is 0.0795. The van der Waals surface area contributed by atoms with Gasteiger partial charge in [-0.3, -0.25) is 0 Å². The van der Waals surface area contributed by atoms with Gasteiger partial charge in [-0.1, -0.05) is 63.4 Å². The molecule has 0 amide bonds. The summed E-state index contributed by atoms with van der Waals surface area (Å²) in [5.41, 5.74) is 5.62. The van der Waals surface area contributed by atoms with Crippen LogP contribution in [0.4, 0.5) is 0 Å². The molecule has 19 heavy (non-hydrogen) atoms. The van der Waals surface area contributed by atoms with Gasteiger partial charge in [-0.15, -0.1) is 0 Å². The third-order valence-corrected chi connectivity index (χ3v) is 5.23. The molecule has 0 aromatic heterocycles. The van der Waals surface area contributed by atoms with Crippen molar-refractivity contribution in [3.63, 3.8) is 0 Å². The minimum atomic E-state index is 0.0795. The van der Waals surface area contributed by atoms with E-state index in [0.29, 0.717) is 0 Å². The van der Waals surface area contributed by atoms with E-state index in [1.54, 1.807) is 0 Å². The molecule has 0 saturated heterocycles. The molecular weight excluding hydrogens is 343 g/mol. The summed E-state index contributed by atoms with van der Waals surface area (Å²) in [5, 5.41) is 1.62. The monoisotopic (exact) mass is 356 g/mol. The Hall–Kier alpha value is -0.500. The van der Waals surface area contributed by atoms with Crippen molar-refractivity contribution in [1.82, 2.24) is 0 Å². The molecular formula is C16H15BrCl2. The first-order valence-electron chi connectivity index (χ1n) is 6.07. The van der Waals surface area contributed by atoms with Crippen LogP contribution in [0.5, 0.6) is 0 Å². The Bertz CT molecular complexity index is 620. The van der Waals surface area contributed by atoms with Crippen molar-refractivity contribution < 1.29 is 0 Å². The smallest absolute Gasteiger partial charge is 0.0661 e. The lowest BCUT2D eigenvalue weighted by atomic mass is 9.97. The second-order valence-corrected chi connectivity index (χ2v) is 6.50. The second kappa shape index (κ2) is 5.87. The van der Waals surface area contributed by atoms with E-state index in [0.717, 1.165) is 32.3 Å². The molecule has 0 bridgehead atoms. The molecule has 3 heteroatoms. The van der Waals surface area contributed by atoms with Gasteiger partial charge in [0, 0.05) is 10.0 Å². The van der Waals surface area contributed by atoms with Crippen LogP contribution < -0.4 is 0 Å². The first-order chi connectivity index (χ1) is 8.91. The molecule has 0 spiro atoms. The SMILES string of the molecule is Cc1cc(C(Br)c2cccc(C)c2Cl)c(C)cc1Cl. The third-order valence-electron chi connectivity index (χ3n) is 3.32. The highest BCUT2D eigenvalue weighted by Gasteiger charge is 2.17. The molecule has 0 saturated carbocycles. The summed E-state index contributed by atoms with van der Waals surface area (Å²) in [5.74, 6) is 0. The van der Waals surface area contributed by atoms with Gasteiger partial charge in [-0.25, -0.2) is 0 Å². The van der Waals surface area contributed by atoms with Crippen LogP contribution in [-0.2, 0) is 0 Å². The van der Waals surface area contributed by atoms with E-state index in [9.17, 15) is 0 Å². The van der Waals surface area contributed by atoms with Crippen molar-refractivity contribution in [3.8, 4) is 0 Å². The van der Waals surface area contributed by atoms with Gasteiger partial charge in [-0.2, -0.15) is 0 Å². The first-order valence-corrected chi connectivity index (χ1v) is 7.74.